The van der Waals surface area contributed by atoms with Crippen molar-refractivity contribution in [3.8, 4) is 0 Å². The first-order valence-electron chi connectivity index (χ1n) is 7.01. The van der Waals surface area contributed by atoms with Gasteiger partial charge >= 0.3 is 0 Å². The molecule has 19 heavy (non-hydrogen) atoms. The average Bonchev–Trinajstić information content (AvgIpc) is 2.90. The number of hydrogen-bond acceptors (Lipinski definition) is 1. The maximum Gasteiger partial charge on any atom is 0.0652 e. The lowest BCUT2D eigenvalue weighted by Gasteiger charge is -2.11. The highest BCUT2D eigenvalue weighted by atomic mass is 35.5. The molecule has 0 amide bonds. The van der Waals surface area contributed by atoms with Gasteiger partial charge in [0.15, 0.2) is 0 Å². The number of hydrogen-bond donors (Lipinski definition) is 1. The van der Waals surface area contributed by atoms with Crippen molar-refractivity contribution >= 4 is 34.8 Å². The second kappa shape index (κ2) is 7.73. The van der Waals surface area contributed by atoms with Gasteiger partial charge in [-0.25, -0.2) is 0 Å². The third-order valence-corrected chi connectivity index (χ3v) is 5.08. The van der Waals surface area contributed by atoms with Crippen molar-refractivity contribution in [2.75, 3.05) is 6.54 Å². The van der Waals surface area contributed by atoms with Crippen LogP contribution in [-0.4, -0.2) is 6.54 Å². The topological polar surface area (TPSA) is 12.0 Å². The van der Waals surface area contributed by atoms with E-state index in [2.05, 4.69) is 5.32 Å². The van der Waals surface area contributed by atoms with Gasteiger partial charge in [-0.05, 0) is 37.4 Å². The van der Waals surface area contributed by atoms with Crippen molar-refractivity contribution in [1.82, 2.24) is 5.32 Å². The summed E-state index contributed by atoms with van der Waals surface area (Å²) in [5.41, 5.74) is 0.900. The number of nitrogens with one attached hydrogen (secondary N) is 1. The monoisotopic (exact) mass is 319 g/mol. The zero-order valence-corrected chi connectivity index (χ0v) is 13.3. The minimum absolute atomic E-state index is 0.564. The van der Waals surface area contributed by atoms with E-state index in [1.165, 1.54) is 38.5 Å². The average molecular weight is 321 g/mol. The molecule has 1 aromatic rings. The molecule has 1 saturated carbocycles. The van der Waals surface area contributed by atoms with Crippen molar-refractivity contribution in [2.45, 2.75) is 45.1 Å². The van der Waals surface area contributed by atoms with E-state index in [1.807, 2.05) is 0 Å². The minimum atomic E-state index is 0.564. The summed E-state index contributed by atoms with van der Waals surface area (Å²) in [6.45, 7) is 1.69. The Bertz CT molecular complexity index is 414. The van der Waals surface area contributed by atoms with E-state index in [4.69, 9.17) is 34.8 Å². The maximum absolute atomic E-state index is 6.16. The van der Waals surface area contributed by atoms with Crippen LogP contribution in [0.4, 0.5) is 0 Å². The zero-order chi connectivity index (χ0) is 13.7. The molecule has 0 radical (unpaired) electrons. The summed E-state index contributed by atoms with van der Waals surface area (Å²) < 4.78 is 0. The fourth-order valence-electron chi connectivity index (χ4n) is 2.76. The van der Waals surface area contributed by atoms with Crippen LogP contribution in [-0.2, 0) is 6.54 Å². The fourth-order valence-corrected chi connectivity index (χ4v) is 3.44. The van der Waals surface area contributed by atoms with E-state index in [0.717, 1.165) is 18.0 Å². The third-order valence-electron chi connectivity index (χ3n) is 3.88. The lowest BCUT2D eigenvalue weighted by atomic mass is 10.0. The molecule has 2 rings (SSSR count). The molecule has 0 heterocycles. The molecule has 1 nitrogen and oxygen atoms in total. The van der Waals surface area contributed by atoms with E-state index in [0.29, 0.717) is 21.6 Å². The first-order valence-corrected chi connectivity index (χ1v) is 8.15. The molecule has 0 aromatic heterocycles. The number of benzene rings is 1. The van der Waals surface area contributed by atoms with Gasteiger partial charge in [-0.15, -0.1) is 0 Å². The van der Waals surface area contributed by atoms with Gasteiger partial charge in [0.1, 0.15) is 0 Å². The van der Waals surface area contributed by atoms with Gasteiger partial charge in [0, 0.05) is 17.1 Å². The van der Waals surface area contributed by atoms with Crippen molar-refractivity contribution < 1.29 is 0 Å². The molecule has 1 aliphatic carbocycles. The summed E-state index contributed by atoms with van der Waals surface area (Å²) in [5, 5.41) is 5.22. The van der Waals surface area contributed by atoms with Crippen molar-refractivity contribution in [2.24, 2.45) is 5.92 Å². The molecule has 106 valence electrons. The molecule has 0 saturated heterocycles. The standard InChI is InChI=1S/C15H20Cl3N/c16-13-7-8-14(17)15(18)12(13)10-19-9-3-6-11-4-1-2-5-11/h7-8,11,19H,1-6,9-10H2. The van der Waals surface area contributed by atoms with Crippen LogP contribution in [0.15, 0.2) is 12.1 Å². The van der Waals surface area contributed by atoms with Gasteiger partial charge in [-0.2, -0.15) is 0 Å². The number of rotatable bonds is 6. The van der Waals surface area contributed by atoms with Crippen molar-refractivity contribution in [1.29, 1.82) is 0 Å². The van der Waals surface area contributed by atoms with Crippen LogP contribution >= 0.6 is 34.8 Å². The molecule has 0 bridgehead atoms. The van der Waals surface area contributed by atoms with Crippen LogP contribution in [0.2, 0.25) is 15.1 Å². The minimum Gasteiger partial charge on any atom is -0.313 e. The molecule has 1 fully saturated rings. The van der Waals surface area contributed by atoms with E-state index < -0.39 is 0 Å². The van der Waals surface area contributed by atoms with Gasteiger partial charge < -0.3 is 5.32 Å². The summed E-state index contributed by atoms with van der Waals surface area (Å²) in [5.74, 6) is 0.958. The first-order chi connectivity index (χ1) is 9.18. The highest BCUT2D eigenvalue weighted by Crippen LogP contribution is 2.31. The van der Waals surface area contributed by atoms with Crippen LogP contribution in [0.25, 0.3) is 0 Å². The molecule has 0 unspecified atom stereocenters. The Hall–Kier alpha value is 0.0500. The molecule has 1 N–H and O–H groups in total. The van der Waals surface area contributed by atoms with Crippen LogP contribution in [0.3, 0.4) is 0 Å². The van der Waals surface area contributed by atoms with Crippen LogP contribution in [0.1, 0.15) is 44.1 Å². The van der Waals surface area contributed by atoms with Crippen LogP contribution in [0.5, 0.6) is 0 Å². The second-order valence-corrected chi connectivity index (χ2v) is 6.48. The second-order valence-electron chi connectivity index (χ2n) is 5.29. The zero-order valence-electron chi connectivity index (χ0n) is 11.0. The number of halogens is 3. The van der Waals surface area contributed by atoms with Crippen LogP contribution < -0.4 is 5.32 Å². The third kappa shape index (κ3) is 4.53. The van der Waals surface area contributed by atoms with Crippen LogP contribution in [0, 0.1) is 5.92 Å². The Kier molecular flexibility index (Phi) is 6.28. The molecule has 0 aliphatic heterocycles. The van der Waals surface area contributed by atoms with Crippen molar-refractivity contribution in [3.63, 3.8) is 0 Å². The summed E-state index contributed by atoms with van der Waals surface area (Å²) in [7, 11) is 0. The van der Waals surface area contributed by atoms with Gasteiger partial charge in [-0.1, -0.05) is 60.5 Å². The fraction of sp³-hybridized carbons (Fsp3) is 0.600. The van der Waals surface area contributed by atoms with E-state index >= 15 is 0 Å². The SMILES string of the molecule is Clc1ccc(Cl)c(CNCCCC2CCCC2)c1Cl. The summed E-state index contributed by atoms with van der Waals surface area (Å²) in [4.78, 5) is 0. The molecule has 1 aromatic carbocycles. The molecular weight excluding hydrogens is 301 g/mol. The lowest BCUT2D eigenvalue weighted by Crippen LogP contribution is -2.16. The predicted molar refractivity (Wildman–Crippen MR) is 84.4 cm³/mol. The van der Waals surface area contributed by atoms with Gasteiger partial charge in [-0.3, -0.25) is 0 Å². The van der Waals surface area contributed by atoms with E-state index in [-0.39, 0.29) is 0 Å². The Balaban J connectivity index is 1.72. The van der Waals surface area contributed by atoms with Gasteiger partial charge in [0.25, 0.3) is 0 Å². The lowest BCUT2D eigenvalue weighted by molar-refractivity contribution is 0.470. The predicted octanol–water partition coefficient (Wildman–Crippen LogP) is 5.71. The van der Waals surface area contributed by atoms with Crippen molar-refractivity contribution in [3.05, 3.63) is 32.8 Å². The quantitative estimate of drug-likeness (QED) is 0.523. The van der Waals surface area contributed by atoms with Gasteiger partial charge in [0.05, 0.1) is 10.0 Å². The molecular formula is C15H20Cl3N. The Morgan fingerprint density at radius 3 is 2.47 bits per heavy atom. The maximum atomic E-state index is 6.16. The van der Waals surface area contributed by atoms with E-state index in [9.17, 15) is 0 Å². The largest absolute Gasteiger partial charge is 0.313 e. The Morgan fingerprint density at radius 1 is 1.05 bits per heavy atom. The smallest absolute Gasteiger partial charge is 0.0652 e. The van der Waals surface area contributed by atoms with E-state index in [1.54, 1.807) is 12.1 Å². The summed E-state index contributed by atoms with van der Waals surface area (Å²) in [6, 6.07) is 3.53. The Morgan fingerprint density at radius 2 is 1.74 bits per heavy atom. The highest BCUT2D eigenvalue weighted by Gasteiger charge is 2.14. The molecule has 0 spiro atoms. The summed E-state index contributed by atoms with van der Waals surface area (Å²) in [6.07, 6.45) is 8.25. The molecule has 0 atom stereocenters. The first kappa shape index (κ1) is 15.4. The normalized spacial score (nSPS) is 16.2. The molecule has 1 aliphatic rings. The summed E-state index contributed by atoms with van der Waals surface area (Å²) >= 11 is 18.3. The Labute approximate surface area is 130 Å². The van der Waals surface area contributed by atoms with Gasteiger partial charge in [0.2, 0.25) is 0 Å². The molecule has 4 heteroatoms. The highest BCUT2D eigenvalue weighted by molar-refractivity contribution is 6.44.